The summed E-state index contributed by atoms with van der Waals surface area (Å²) in [7, 11) is -2.42. The fraction of sp³-hybridized carbons (Fsp3) is 0.238. The molecule has 0 atom stereocenters. The van der Waals surface area contributed by atoms with Crippen molar-refractivity contribution in [1.29, 1.82) is 0 Å². The van der Waals surface area contributed by atoms with Crippen LogP contribution in [0.3, 0.4) is 0 Å². The van der Waals surface area contributed by atoms with Gasteiger partial charge in [0.1, 0.15) is 0 Å². The third-order valence-electron chi connectivity index (χ3n) is 5.46. The van der Waals surface area contributed by atoms with E-state index in [9.17, 15) is 23.9 Å². The van der Waals surface area contributed by atoms with Gasteiger partial charge in [0.05, 0.1) is 10.9 Å². The van der Waals surface area contributed by atoms with Gasteiger partial charge in [0.2, 0.25) is 0 Å². The molecule has 9 nitrogen and oxygen atoms in total. The number of nitrogens with one attached hydrogen (secondary N) is 2. The van der Waals surface area contributed by atoms with Crippen molar-refractivity contribution < 1.29 is 23.9 Å². The molecule has 10 heteroatoms. The zero-order chi connectivity index (χ0) is 22.2. The average Bonchev–Trinajstić information content (AvgIpc) is 2.73. The lowest BCUT2D eigenvalue weighted by atomic mass is 9.95. The smallest absolute Gasteiger partial charge is 0.356 e. The van der Waals surface area contributed by atoms with Crippen LogP contribution in [0.2, 0.25) is 0 Å². The fourth-order valence-electron chi connectivity index (χ4n) is 3.63. The van der Waals surface area contributed by atoms with Gasteiger partial charge in [-0.25, -0.2) is 0 Å². The summed E-state index contributed by atoms with van der Waals surface area (Å²) in [6, 6.07) is 11.5. The first-order valence-electron chi connectivity index (χ1n) is 9.79. The van der Waals surface area contributed by atoms with Crippen LogP contribution in [-0.2, 0) is 9.36 Å². The van der Waals surface area contributed by atoms with E-state index in [1.165, 1.54) is 24.4 Å². The molecular formula is C21H23N4O5P. The number of hydrogen-bond donors (Lipinski definition) is 4. The summed E-state index contributed by atoms with van der Waals surface area (Å²) >= 11 is 0. The molecule has 2 aromatic carbocycles. The topological polar surface area (TPSA) is 122 Å². The van der Waals surface area contributed by atoms with Crippen LogP contribution < -0.4 is 20.8 Å². The van der Waals surface area contributed by atoms with Crippen LogP contribution in [0.5, 0.6) is 0 Å². The van der Waals surface area contributed by atoms with Crippen molar-refractivity contribution in [1.82, 2.24) is 10.2 Å². The number of benzene rings is 2. The molecule has 162 valence electrons. The van der Waals surface area contributed by atoms with Gasteiger partial charge in [0, 0.05) is 54.9 Å². The highest BCUT2D eigenvalue weighted by atomic mass is 31.2. The lowest BCUT2D eigenvalue weighted by Crippen LogP contribution is -2.44. The van der Waals surface area contributed by atoms with E-state index in [1.54, 1.807) is 0 Å². The van der Waals surface area contributed by atoms with Crippen molar-refractivity contribution in [3.8, 4) is 0 Å². The van der Waals surface area contributed by atoms with Gasteiger partial charge >= 0.3 is 7.60 Å². The van der Waals surface area contributed by atoms with Crippen LogP contribution >= 0.6 is 7.60 Å². The Morgan fingerprint density at radius 1 is 0.968 bits per heavy atom. The van der Waals surface area contributed by atoms with Gasteiger partial charge in [-0.1, -0.05) is 0 Å². The molecule has 0 spiro atoms. The third-order valence-corrected chi connectivity index (χ3v) is 6.42. The zero-order valence-corrected chi connectivity index (χ0v) is 17.8. The summed E-state index contributed by atoms with van der Waals surface area (Å²) in [6.45, 7) is 3.94. The third kappa shape index (κ3) is 4.55. The highest BCUT2D eigenvalue weighted by Gasteiger charge is 2.29. The van der Waals surface area contributed by atoms with Crippen molar-refractivity contribution in [3.05, 3.63) is 59.8 Å². The van der Waals surface area contributed by atoms with Crippen molar-refractivity contribution in [2.45, 2.75) is 0 Å². The van der Waals surface area contributed by atoms with Crippen LogP contribution in [0.15, 0.2) is 48.7 Å². The largest absolute Gasteiger partial charge is 0.369 e. The van der Waals surface area contributed by atoms with Crippen LogP contribution in [0.4, 0.5) is 11.4 Å². The Morgan fingerprint density at radius 2 is 1.65 bits per heavy atom. The summed E-state index contributed by atoms with van der Waals surface area (Å²) in [5, 5.41) is 5.03. The van der Waals surface area contributed by atoms with E-state index in [4.69, 9.17) is 0 Å². The first-order chi connectivity index (χ1) is 14.7. The number of likely N-dealkylation sites (N-methyl/N-ethyl adjacent to an activating group) is 1. The lowest BCUT2D eigenvalue weighted by Gasteiger charge is -2.34. The molecule has 2 heterocycles. The van der Waals surface area contributed by atoms with Gasteiger partial charge in [-0.15, -0.1) is 0 Å². The van der Waals surface area contributed by atoms with Crippen molar-refractivity contribution in [3.63, 3.8) is 0 Å². The fourth-order valence-corrected chi connectivity index (χ4v) is 4.19. The highest BCUT2D eigenvalue weighted by molar-refractivity contribution is 7.60. The minimum Gasteiger partial charge on any atom is -0.369 e. The number of fused-ring (bicyclic) bond motifs is 1. The molecule has 0 radical (unpaired) electrons. The minimum absolute atomic E-state index is 0.119. The van der Waals surface area contributed by atoms with Crippen molar-refractivity contribution in [2.24, 2.45) is 0 Å². The van der Waals surface area contributed by atoms with Gasteiger partial charge in [0.15, 0.2) is 0 Å². The Balaban J connectivity index is 1.57. The summed E-state index contributed by atoms with van der Waals surface area (Å²) in [6.07, 6.45) is 1.44. The molecule has 2 aliphatic rings. The second kappa shape index (κ2) is 8.28. The number of nitrogens with zero attached hydrogens (tertiary/aromatic N) is 2. The van der Waals surface area contributed by atoms with Crippen LogP contribution in [-0.4, -0.2) is 59.7 Å². The molecule has 1 fully saturated rings. The van der Waals surface area contributed by atoms with Gasteiger partial charge in [-0.05, 0) is 49.5 Å². The lowest BCUT2D eigenvalue weighted by molar-refractivity contribution is -0.114. The molecule has 1 saturated heterocycles. The second-order valence-corrected chi connectivity index (χ2v) is 9.20. The van der Waals surface area contributed by atoms with Crippen LogP contribution in [0.25, 0.3) is 5.57 Å². The maximum atomic E-state index is 12.4. The van der Waals surface area contributed by atoms with E-state index in [0.717, 1.165) is 37.6 Å². The number of amides is 2. The zero-order valence-electron chi connectivity index (χ0n) is 16.9. The maximum absolute atomic E-state index is 12.4. The van der Waals surface area contributed by atoms with Crippen LogP contribution in [0, 0.1) is 0 Å². The Kier molecular flexibility index (Phi) is 5.68. The van der Waals surface area contributed by atoms with Gasteiger partial charge in [-0.3, -0.25) is 19.5 Å². The number of carbonyl (C=O) groups excluding carboxylic acids is 2. The summed E-state index contributed by atoms with van der Waals surface area (Å²) < 4.78 is 11.6. The Hall–Kier alpha value is -2.97. The molecule has 2 aromatic rings. The molecule has 4 rings (SSSR count). The molecule has 31 heavy (non-hydrogen) atoms. The Bertz CT molecular complexity index is 1100. The SMILES string of the molecule is CN1CCN(c2ccc(N/C=C3\C(=O)NC(=O)c4ccc(P(=O)(O)O)cc43)cc2)CC1. The monoisotopic (exact) mass is 442 g/mol. The molecule has 0 unspecified atom stereocenters. The van der Waals surface area contributed by atoms with Crippen molar-refractivity contribution in [2.75, 3.05) is 43.4 Å². The molecular weight excluding hydrogens is 419 g/mol. The standard InChI is InChI=1S/C21H23N4O5P/c1-24-8-10-25(11-9-24)15-4-2-14(3-5-15)22-13-19-18-12-16(31(28,29)30)6-7-17(18)20(26)23-21(19)27/h2-7,12-13,22H,8-11H2,1H3,(H,23,26,27)(H2,28,29,30)/b19-13-. The van der Waals surface area contributed by atoms with Gasteiger partial charge in [0.25, 0.3) is 11.8 Å². The van der Waals surface area contributed by atoms with Crippen LogP contribution in [0.1, 0.15) is 15.9 Å². The Labute approximate surface area is 179 Å². The van der Waals surface area contributed by atoms with Gasteiger partial charge < -0.3 is 24.9 Å². The quantitative estimate of drug-likeness (QED) is 0.314. The van der Waals surface area contributed by atoms with E-state index in [1.807, 2.05) is 24.3 Å². The number of anilines is 2. The molecule has 0 bridgehead atoms. The van der Waals surface area contributed by atoms with Crippen molar-refractivity contribution >= 4 is 41.7 Å². The predicted octanol–water partition coefficient (Wildman–Crippen LogP) is 0.964. The summed E-state index contributed by atoms with van der Waals surface area (Å²) in [5.41, 5.74) is 2.33. The van der Waals surface area contributed by atoms with E-state index in [-0.39, 0.29) is 22.0 Å². The molecule has 0 saturated carbocycles. The highest BCUT2D eigenvalue weighted by Crippen LogP contribution is 2.35. The minimum atomic E-state index is -4.53. The number of imide groups is 1. The first-order valence-corrected chi connectivity index (χ1v) is 11.4. The number of hydrogen-bond acceptors (Lipinski definition) is 6. The van der Waals surface area contributed by atoms with E-state index >= 15 is 0 Å². The average molecular weight is 442 g/mol. The maximum Gasteiger partial charge on any atom is 0.356 e. The molecule has 2 aliphatic heterocycles. The molecule has 0 aromatic heterocycles. The number of piperazine rings is 1. The van der Waals surface area contributed by atoms with E-state index in [0.29, 0.717) is 0 Å². The van der Waals surface area contributed by atoms with E-state index in [2.05, 4.69) is 27.5 Å². The first kappa shape index (κ1) is 21.3. The van der Waals surface area contributed by atoms with E-state index < -0.39 is 19.4 Å². The normalized spacial score (nSPS) is 18.7. The molecule has 4 N–H and O–H groups in total. The molecule has 0 aliphatic carbocycles. The second-order valence-electron chi connectivity index (χ2n) is 7.60. The predicted molar refractivity (Wildman–Crippen MR) is 118 cm³/mol. The summed E-state index contributed by atoms with van der Waals surface area (Å²) in [4.78, 5) is 48.0. The van der Waals surface area contributed by atoms with Gasteiger partial charge in [-0.2, -0.15) is 0 Å². The number of carbonyl (C=O) groups is 2. The number of rotatable bonds is 4. The molecule has 2 amide bonds. The summed E-state index contributed by atoms with van der Waals surface area (Å²) in [5.74, 6) is -1.24. The Morgan fingerprint density at radius 3 is 2.29 bits per heavy atom.